The Morgan fingerprint density at radius 2 is 1.94 bits per heavy atom. The van der Waals surface area contributed by atoms with Crippen molar-refractivity contribution in [3.05, 3.63) is 53.7 Å². The van der Waals surface area contributed by atoms with Crippen molar-refractivity contribution in [2.75, 3.05) is 38.5 Å². The predicted octanol–water partition coefficient (Wildman–Crippen LogP) is 3.60. The predicted molar refractivity (Wildman–Crippen MR) is 130 cm³/mol. The summed E-state index contributed by atoms with van der Waals surface area (Å²) in [4.78, 5) is 18.7. The molecule has 5 rings (SSSR count). The van der Waals surface area contributed by atoms with Gasteiger partial charge < -0.3 is 15.5 Å². The van der Waals surface area contributed by atoms with Gasteiger partial charge in [-0.1, -0.05) is 18.6 Å². The lowest BCUT2D eigenvalue weighted by Crippen LogP contribution is -2.53. The maximum Gasteiger partial charge on any atom is 0.141 e. The van der Waals surface area contributed by atoms with Crippen LogP contribution in [0.2, 0.25) is 0 Å². The van der Waals surface area contributed by atoms with E-state index in [9.17, 15) is 0 Å². The minimum absolute atomic E-state index is 0.578. The fraction of sp³-hybridized carbons (Fsp3) is 0.458. The van der Waals surface area contributed by atoms with E-state index in [1.54, 1.807) is 17.5 Å². The van der Waals surface area contributed by atoms with Gasteiger partial charge in [-0.25, -0.2) is 15.0 Å². The van der Waals surface area contributed by atoms with Crippen LogP contribution in [0.5, 0.6) is 0 Å². The maximum atomic E-state index is 4.66. The fourth-order valence-corrected chi connectivity index (χ4v) is 5.33. The zero-order chi connectivity index (χ0) is 21.8. The summed E-state index contributed by atoms with van der Waals surface area (Å²) < 4.78 is 0. The van der Waals surface area contributed by atoms with E-state index in [1.807, 2.05) is 35.8 Å². The van der Waals surface area contributed by atoms with Gasteiger partial charge in [0.2, 0.25) is 0 Å². The van der Waals surface area contributed by atoms with E-state index in [1.165, 1.54) is 51.0 Å². The molecule has 0 aromatic carbocycles. The molecule has 8 heteroatoms. The third-order valence-electron chi connectivity index (χ3n) is 6.54. The van der Waals surface area contributed by atoms with Crippen LogP contribution in [0.4, 0.5) is 11.6 Å². The molecule has 0 amide bonds. The van der Waals surface area contributed by atoms with Crippen molar-refractivity contribution in [1.29, 1.82) is 0 Å². The van der Waals surface area contributed by atoms with Crippen LogP contribution >= 0.6 is 11.3 Å². The van der Waals surface area contributed by atoms with Gasteiger partial charge in [0.1, 0.15) is 22.3 Å². The van der Waals surface area contributed by atoms with Gasteiger partial charge in [0, 0.05) is 62.6 Å². The van der Waals surface area contributed by atoms with Gasteiger partial charge in [-0.15, -0.1) is 11.3 Å². The van der Waals surface area contributed by atoms with Crippen molar-refractivity contribution in [3.63, 3.8) is 0 Å². The highest BCUT2D eigenvalue weighted by Gasteiger charge is 2.32. The highest BCUT2D eigenvalue weighted by molar-refractivity contribution is 7.13. The van der Waals surface area contributed by atoms with Gasteiger partial charge >= 0.3 is 0 Å². The van der Waals surface area contributed by atoms with Crippen molar-refractivity contribution in [2.45, 2.75) is 37.9 Å². The Balaban J connectivity index is 1.15. The fourth-order valence-electron chi connectivity index (χ4n) is 4.73. The number of hydrogen-bond donors (Lipinski definition) is 2. The summed E-state index contributed by atoms with van der Waals surface area (Å²) in [5.41, 5.74) is 2.08. The van der Waals surface area contributed by atoms with E-state index in [0.717, 1.165) is 28.9 Å². The van der Waals surface area contributed by atoms with Crippen LogP contribution in [0.3, 0.4) is 0 Å². The van der Waals surface area contributed by atoms with Gasteiger partial charge in [-0.05, 0) is 43.7 Å². The molecule has 1 saturated heterocycles. The van der Waals surface area contributed by atoms with Crippen molar-refractivity contribution < 1.29 is 0 Å². The van der Waals surface area contributed by atoms with Crippen molar-refractivity contribution in [1.82, 2.24) is 30.1 Å². The smallest absolute Gasteiger partial charge is 0.141 e. The summed E-state index contributed by atoms with van der Waals surface area (Å²) in [6, 6.07) is 11.3. The number of thiazole rings is 1. The molecular formula is C24H31N7S. The van der Waals surface area contributed by atoms with Gasteiger partial charge in [0.05, 0.1) is 0 Å². The first-order valence-electron chi connectivity index (χ1n) is 11.5. The van der Waals surface area contributed by atoms with E-state index in [2.05, 4.69) is 48.5 Å². The summed E-state index contributed by atoms with van der Waals surface area (Å²) >= 11 is 1.59. The highest BCUT2D eigenvalue weighted by Crippen LogP contribution is 2.26. The number of pyridine rings is 2. The molecule has 2 fully saturated rings. The average molecular weight is 450 g/mol. The van der Waals surface area contributed by atoms with E-state index in [-0.39, 0.29) is 0 Å². The Labute approximate surface area is 193 Å². The number of hydrogen-bond acceptors (Lipinski definition) is 8. The highest BCUT2D eigenvalue weighted by atomic mass is 32.1. The summed E-state index contributed by atoms with van der Waals surface area (Å²) in [7, 11) is 2.22. The first-order valence-corrected chi connectivity index (χ1v) is 12.4. The van der Waals surface area contributed by atoms with Gasteiger partial charge in [0.15, 0.2) is 0 Å². The molecule has 2 unspecified atom stereocenters. The molecule has 4 heterocycles. The summed E-state index contributed by atoms with van der Waals surface area (Å²) in [5, 5.41) is 10.0. The minimum Gasteiger partial charge on any atom is -0.325 e. The van der Waals surface area contributed by atoms with E-state index in [0.29, 0.717) is 12.1 Å². The third kappa shape index (κ3) is 5.15. The van der Waals surface area contributed by atoms with E-state index >= 15 is 0 Å². The lowest BCUT2D eigenvalue weighted by molar-refractivity contribution is 0.0998. The Hall–Kier alpha value is -2.39. The molecule has 2 aliphatic rings. The van der Waals surface area contributed by atoms with E-state index in [4.69, 9.17) is 0 Å². The number of nitrogens with zero attached hydrogens (tertiary/aromatic N) is 5. The maximum absolute atomic E-state index is 4.66. The molecule has 32 heavy (non-hydrogen) atoms. The zero-order valence-corrected chi connectivity index (χ0v) is 19.4. The largest absolute Gasteiger partial charge is 0.325 e. The Morgan fingerprint density at radius 1 is 1.03 bits per heavy atom. The van der Waals surface area contributed by atoms with Crippen LogP contribution in [0.15, 0.2) is 48.1 Å². The first kappa shape index (κ1) is 21.5. The SMILES string of the molecule is CN1CCN(C2CCCC2NCc2ccc(Nc3cccc(-c4nccs4)n3)nc2)CC1. The number of anilines is 2. The quantitative estimate of drug-likeness (QED) is 0.571. The van der Waals surface area contributed by atoms with Gasteiger partial charge in [-0.3, -0.25) is 4.90 Å². The monoisotopic (exact) mass is 449 g/mol. The molecule has 1 saturated carbocycles. The molecule has 3 aromatic rings. The second kappa shape index (κ2) is 10.0. The number of nitrogens with one attached hydrogen (secondary N) is 2. The number of likely N-dealkylation sites (N-methyl/N-ethyl adjacent to an activating group) is 1. The van der Waals surface area contributed by atoms with Crippen LogP contribution in [0, 0.1) is 0 Å². The summed E-state index contributed by atoms with van der Waals surface area (Å²) in [5.74, 6) is 1.57. The lowest BCUT2D eigenvalue weighted by Gasteiger charge is -2.39. The molecule has 2 N–H and O–H groups in total. The molecule has 0 radical (unpaired) electrons. The number of rotatable bonds is 7. The Kier molecular flexibility index (Phi) is 6.73. The second-order valence-electron chi connectivity index (χ2n) is 8.75. The summed E-state index contributed by atoms with van der Waals surface area (Å²) in [6.45, 7) is 5.62. The Bertz CT molecular complexity index is 984. The molecule has 2 atom stereocenters. The van der Waals surface area contributed by atoms with Crippen molar-refractivity contribution in [3.8, 4) is 10.7 Å². The molecule has 0 spiro atoms. The topological polar surface area (TPSA) is 69.2 Å². The van der Waals surface area contributed by atoms with Gasteiger partial charge in [0.25, 0.3) is 0 Å². The van der Waals surface area contributed by atoms with Crippen LogP contribution in [0.1, 0.15) is 24.8 Å². The van der Waals surface area contributed by atoms with Crippen LogP contribution in [0.25, 0.3) is 10.7 Å². The molecular weight excluding hydrogens is 418 g/mol. The third-order valence-corrected chi connectivity index (χ3v) is 7.33. The van der Waals surface area contributed by atoms with Crippen LogP contribution < -0.4 is 10.6 Å². The van der Waals surface area contributed by atoms with Gasteiger partial charge in [-0.2, -0.15) is 0 Å². The molecule has 3 aromatic heterocycles. The first-order chi connectivity index (χ1) is 15.7. The Morgan fingerprint density at radius 3 is 2.72 bits per heavy atom. The zero-order valence-electron chi connectivity index (χ0n) is 18.6. The van der Waals surface area contributed by atoms with Crippen molar-refractivity contribution >= 4 is 23.0 Å². The molecule has 0 bridgehead atoms. The molecule has 7 nitrogen and oxygen atoms in total. The van der Waals surface area contributed by atoms with Crippen LogP contribution in [-0.2, 0) is 6.54 Å². The normalized spacial score (nSPS) is 22.3. The summed E-state index contributed by atoms with van der Waals surface area (Å²) in [6.07, 6.45) is 7.67. The minimum atomic E-state index is 0.578. The standard InChI is InChI=1S/C24H31N7S/c1-30-11-13-31(14-12-30)21-6-2-4-19(21)26-16-18-8-9-22(27-17-18)29-23-7-3-5-20(28-23)24-25-10-15-32-24/h3,5,7-10,15,17,19,21,26H,2,4,6,11-14,16H2,1H3,(H,27,28,29). The molecule has 1 aliphatic carbocycles. The van der Waals surface area contributed by atoms with Crippen molar-refractivity contribution in [2.24, 2.45) is 0 Å². The van der Waals surface area contributed by atoms with E-state index < -0.39 is 0 Å². The second-order valence-corrected chi connectivity index (χ2v) is 9.64. The average Bonchev–Trinajstić information content (AvgIpc) is 3.52. The molecule has 168 valence electrons. The van der Waals surface area contributed by atoms with Crippen LogP contribution in [-0.4, -0.2) is 70.1 Å². The number of aromatic nitrogens is 3. The molecule has 1 aliphatic heterocycles. The number of piperazine rings is 1. The lowest BCUT2D eigenvalue weighted by atomic mass is 10.1.